The molecule has 0 radical (unpaired) electrons. The van der Waals surface area contributed by atoms with Gasteiger partial charge < -0.3 is 5.32 Å². The summed E-state index contributed by atoms with van der Waals surface area (Å²) in [5.74, 6) is -0.0290. The van der Waals surface area contributed by atoms with Crippen LogP contribution >= 0.6 is 11.3 Å². The Hall–Kier alpha value is -2.76. The molecule has 28 heavy (non-hydrogen) atoms. The Labute approximate surface area is 168 Å². The zero-order valence-electron chi connectivity index (χ0n) is 15.7. The Balaban J connectivity index is 1.51. The molecular weight excluding hydrogens is 368 g/mol. The second-order valence-corrected chi connectivity index (χ2v) is 8.02. The molecular formula is C23H22N2O2S. The second-order valence-electron chi connectivity index (χ2n) is 7.01. The van der Waals surface area contributed by atoms with Crippen LogP contribution in [0.2, 0.25) is 0 Å². The summed E-state index contributed by atoms with van der Waals surface area (Å²) in [7, 11) is 0. The van der Waals surface area contributed by atoms with Gasteiger partial charge in [0, 0.05) is 22.7 Å². The lowest BCUT2D eigenvalue weighted by Gasteiger charge is -2.35. The number of nitrogens with zero attached hydrogens (tertiary/aromatic N) is 1. The molecule has 0 unspecified atom stereocenters. The number of rotatable bonds is 5. The summed E-state index contributed by atoms with van der Waals surface area (Å²) < 4.78 is 0. The minimum absolute atomic E-state index is 0.0171. The standard InChI is InChI=1S/C23H22N2O2S/c1-16(26)17-7-9-19(10-8-17)24-22(27)15-25-13-11-21-20(12-14-28-21)23(25)18-5-3-2-4-6-18/h2-10,12,14,23H,11,13,15H2,1H3,(H,24,27)/t23-/m0/s1. The summed E-state index contributed by atoms with van der Waals surface area (Å²) >= 11 is 1.80. The number of carbonyl (C=O) groups is 2. The summed E-state index contributed by atoms with van der Waals surface area (Å²) in [5, 5.41) is 5.10. The van der Waals surface area contributed by atoms with Crippen LogP contribution in [0, 0.1) is 0 Å². The van der Waals surface area contributed by atoms with E-state index >= 15 is 0 Å². The molecule has 4 rings (SSSR count). The lowest BCUT2D eigenvalue weighted by molar-refractivity contribution is -0.117. The molecule has 0 spiro atoms. The number of thiophene rings is 1. The number of nitrogens with one attached hydrogen (secondary N) is 1. The fourth-order valence-electron chi connectivity index (χ4n) is 3.74. The Kier molecular flexibility index (Phi) is 5.37. The van der Waals surface area contributed by atoms with Gasteiger partial charge in [0.2, 0.25) is 5.91 Å². The van der Waals surface area contributed by atoms with Crippen LogP contribution in [0.4, 0.5) is 5.69 Å². The lowest BCUT2D eigenvalue weighted by atomic mass is 9.93. The van der Waals surface area contributed by atoms with E-state index in [0.29, 0.717) is 17.8 Å². The summed E-state index contributed by atoms with van der Waals surface area (Å²) in [6.45, 7) is 2.71. The van der Waals surface area contributed by atoms with E-state index in [9.17, 15) is 9.59 Å². The normalized spacial score (nSPS) is 16.4. The van der Waals surface area contributed by atoms with Crippen molar-refractivity contribution in [2.75, 3.05) is 18.4 Å². The van der Waals surface area contributed by atoms with Crippen molar-refractivity contribution in [3.05, 3.63) is 87.6 Å². The highest BCUT2D eigenvalue weighted by molar-refractivity contribution is 7.10. The van der Waals surface area contributed by atoms with Gasteiger partial charge in [0.15, 0.2) is 5.78 Å². The first-order valence-corrected chi connectivity index (χ1v) is 10.3. The largest absolute Gasteiger partial charge is 0.325 e. The lowest BCUT2D eigenvalue weighted by Crippen LogP contribution is -2.40. The number of anilines is 1. The van der Waals surface area contributed by atoms with E-state index in [1.165, 1.54) is 22.9 Å². The number of carbonyl (C=O) groups excluding carboxylic acids is 2. The third-order valence-electron chi connectivity index (χ3n) is 5.10. The molecule has 1 amide bonds. The highest BCUT2D eigenvalue weighted by Crippen LogP contribution is 2.37. The van der Waals surface area contributed by atoms with Crippen LogP contribution in [0.15, 0.2) is 66.0 Å². The van der Waals surface area contributed by atoms with Crippen LogP contribution < -0.4 is 5.32 Å². The van der Waals surface area contributed by atoms with Crippen molar-refractivity contribution in [2.45, 2.75) is 19.4 Å². The molecule has 1 atom stereocenters. The minimum Gasteiger partial charge on any atom is -0.325 e. The number of hydrogen-bond donors (Lipinski definition) is 1. The quantitative estimate of drug-likeness (QED) is 0.651. The van der Waals surface area contributed by atoms with Gasteiger partial charge in [-0.05, 0) is 60.2 Å². The SMILES string of the molecule is CC(=O)c1ccc(NC(=O)CN2CCc3sccc3[C@@H]2c2ccccc2)cc1. The van der Waals surface area contributed by atoms with E-state index in [4.69, 9.17) is 0 Å². The third kappa shape index (κ3) is 3.91. The molecule has 0 aliphatic carbocycles. The van der Waals surface area contributed by atoms with Gasteiger partial charge in [-0.25, -0.2) is 0 Å². The molecule has 0 saturated heterocycles. The third-order valence-corrected chi connectivity index (χ3v) is 6.10. The Morgan fingerprint density at radius 3 is 2.54 bits per heavy atom. The van der Waals surface area contributed by atoms with Crippen LogP contribution in [-0.2, 0) is 11.2 Å². The van der Waals surface area contributed by atoms with E-state index in [-0.39, 0.29) is 17.7 Å². The van der Waals surface area contributed by atoms with E-state index in [1.54, 1.807) is 35.6 Å². The van der Waals surface area contributed by atoms with Gasteiger partial charge in [0.1, 0.15) is 0 Å². The molecule has 1 aliphatic heterocycles. The van der Waals surface area contributed by atoms with Gasteiger partial charge >= 0.3 is 0 Å². The average molecular weight is 391 g/mol. The van der Waals surface area contributed by atoms with Gasteiger partial charge in [0.25, 0.3) is 0 Å². The van der Waals surface area contributed by atoms with Crippen molar-refractivity contribution < 1.29 is 9.59 Å². The molecule has 1 N–H and O–H groups in total. The number of hydrogen-bond acceptors (Lipinski definition) is 4. The molecule has 2 aromatic carbocycles. The zero-order chi connectivity index (χ0) is 19.5. The molecule has 0 fully saturated rings. The van der Waals surface area contributed by atoms with Gasteiger partial charge in [0.05, 0.1) is 12.6 Å². The molecule has 5 heteroatoms. The highest BCUT2D eigenvalue weighted by atomic mass is 32.1. The molecule has 142 valence electrons. The van der Waals surface area contributed by atoms with E-state index < -0.39 is 0 Å². The van der Waals surface area contributed by atoms with E-state index in [2.05, 4.69) is 33.8 Å². The van der Waals surface area contributed by atoms with Crippen molar-refractivity contribution in [3.8, 4) is 0 Å². The smallest absolute Gasteiger partial charge is 0.238 e. The van der Waals surface area contributed by atoms with Crippen molar-refractivity contribution >= 4 is 28.7 Å². The fraction of sp³-hybridized carbons (Fsp3) is 0.217. The molecule has 2 heterocycles. The van der Waals surface area contributed by atoms with Gasteiger partial charge in [-0.15, -0.1) is 11.3 Å². The van der Waals surface area contributed by atoms with Crippen LogP contribution in [0.3, 0.4) is 0 Å². The summed E-state index contributed by atoms with van der Waals surface area (Å²) in [4.78, 5) is 27.8. The van der Waals surface area contributed by atoms with Crippen molar-refractivity contribution in [1.82, 2.24) is 4.90 Å². The van der Waals surface area contributed by atoms with Gasteiger partial charge in [-0.2, -0.15) is 0 Å². The Morgan fingerprint density at radius 1 is 1.07 bits per heavy atom. The first-order chi connectivity index (χ1) is 13.6. The van der Waals surface area contributed by atoms with Gasteiger partial charge in [-0.3, -0.25) is 14.5 Å². The van der Waals surface area contributed by atoms with Crippen molar-refractivity contribution in [1.29, 1.82) is 0 Å². The van der Waals surface area contributed by atoms with Crippen molar-refractivity contribution in [2.24, 2.45) is 0 Å². The van der Waals surface area contributed by atoms with Crippen LogP contribution in [-0.4, -0.2) is 29.7 Å². The monoisotopic (exact) mass is 390 g/mol. The summed E-state index contributed by atoms with van der Waals surface area (Å²) in [5.41, 5.74) is 3.86. The summed E-state index contributed by atoms with van der Waals surface area (Å²) in [6.07, 6.45) is 0.969. The first kappa shape index (κ1) is 18.6. The maximum atomic E-state index is 12.7. The molecule has 4 nitrogen and oxygen atoms in total. The maximum Gasteiger partial charge on any atom is 0.238 e. The maximum absolute atomic E-state index is 12.7. The topological polar surface area (TPSA) is 49.4 Å². The predicted molar refractivity (Wildman–Crippen MR) is 113 cm³/mol. The van der Waals surface area contributed by atoms with Gasteiger partial charge in [-0.1, -0.05) is 30.3 Å². The van der Waals surface area contributed by atoms with Crippen LogP contribution in [0.1, 0.15) is 39.3 Å². The predicted octanol–water partition coefficient (Wildman–Crippen LogP) is 4.54. The first-order valence-electron chi connectivity index (χ1n) is 9.38. The summed E-state index contributed by atoms with van der Waals surface area (Å²) in [6, 6.07) is 19.7. The number of ketones is 1. The van der Waals surface area contributed by atoms with Crippen LogP contribution in [0.25, 0.3) is 0 Å². The number of Topliss-reactive ketones (excluding diaryl/α,β-unsaturated/α-hetero) is 1. The fourth-order valence-corrected chi connectivity index (χ4v) is 4.64. The zero-order valence-corrected chi connectivity index (χ0v) is 16.5. The molecule has 1 aliphatic rings. The van der Waals surface area contributed by atoms with Crippen LogP contribution in [0.5, 0.6) is 0 Å². The number of benzene rings is 2. The highest BCUT2D eigenvalue weighted by Gasteiger charge is 2.30. The number of amides is 1. The molecule has 3 aromatic rings. The minimum atomic E-state index is -0.0461. The Bertz CT molecular complexity index is 979. The number of fused-ring (bicyclic) bond motifs is 1. The molecule has 0 bridgehead atoms. The van der Waals surface area contributed by atoms with E-state index in [0.717, 1.165) is 13.0 Å². The van der Waals surface area contributed by atoms with E-state index in [1.807, 2.05) is 18.2 Å². The molecule has 1 aromatic heterocycles. The molecule has 0 saturated carbocycles. The van der Waals surface area contributed by atoms with Crippen molar-refractivity contribution in [3.63, 3.8) is 0 Å². The second kappa shape index (κ2) is 8.09. The Morgan fingerprint density at radius 2 is 1.82 bits per heavy atom. The average Bonchev–Trinajstić information content (AvgIpc) is 3.17.